The molecule has 0 saturated heterocycles. The highest BCUT2D eigenvalue weighted by molar-refractivity contribution is 8.13. The lowest BCUT2D eigenvalue weighted by Crippen LogP contribution is -2.04. The van der Waals surface area contributed by atoms with Gasteiger partial charge in [-0.3, -0.25) is 0 Å². The molecule has 0 atom stereocenters. The van der Waals surface area contributed by atoms with Gasteiger partial charge in [-0.2, -0.15) is 0 Å². The second-order valence-corrected chi connectivity index (χ2v) is 6.52. The molecule has 2 rings (SSSR count). The van der Waals surface area contributed by atoms with Crippen LogP contribution in [0.4, 0.5) is 4.79 Å². The van der Waals surface area contributed by atoms with Crippen LogP contribution < -0.4 is 4.74 Å². The normalized spacial score (nSPS) is 10.5. The summed E-state index contributed by atoms with van der Waals surface area (Å²) in [5, 5.41) is -0.312. The van der Waals surface area contributed by atoms with E-state index in [0.29, 0.717) is 6.61 Å². The molecule has 0 unspecified atom stereocenters. The third-order valence-corrected chi connectivity index (χ3v) is 4.93. The fourth-order valence-corrected chi connectivity index (χ4v) is 3.30. The summed E-state index contributed by atoms with van der Waals surface area (Å²) in [7, 11) is 1.40. The minimum atomic E-state index is -0.312. The number of hydrogen-bond donors (Lipinski definition) is 0. The molecule has 0 saturated carbocycles. The molecule has 0 bridgehead atoms. The minimum Gasteiger partial charge on any atom is -0.489 e. The van der Waals surface area contributed by atoms with Crippen molar-refractivity contribution in [1.82, 2.24) is 0 Å². The van der Waals surface area contributed by atoms with Crippen molar-refractivity contribution in [1.29, 1.82) is 0 Å². The van der Waals surface area contributed by atoms with Crippen LogP contribution in [0, 0.1) is 6.92 Å². The van der Waals surface area contributed by atoms with E-state index in [4.69, 9.17) is 9.47 Å². The van der Waals surface area contributed by atoms with Gasteiger partial charge in [-0.05, 0) is 60.4 Å². The van der Waals surface area contributed by atoms with Gasteiger partial charge < -0.3 is 9.47 Å². The zero-order valence-electron chi connectivity index (χ0n) is 14.7. The first-order valence-corrected chi connectivity index (χ1v) is 8.99. The first-order valence-electron chi connectivity index (χ1n) is 8.17. The van der Waals surface area contributed by atoms with Crippen LogP contribution >= 0.6 is 11.8 Å². The van der Waals surface area contributed by atoms with E-state index in [1.54, 1.807) is 0 Å². The predicted octanol–water partition coefficient (Wildman–Crippen LogP) is 5.56. The van der Waals surface area contributed by atoms with Crippen LogP contribution in [-0.2, 0) is 24.2 Å². The van der Waals surface area contributed by atoms with E-state index in [2.05, 4.69) is 39.0 Å². The highest BCUT2D eigenvalue weighted by atomic mass is 32.2. The smallest absolute Gasteiger partial charge is 0.371 e. The number of carbonyl (C=O) groups is 1. The Bertz CT molecular complexity index is 710. The number of methoxy groups -OCH3 is 1. The Morgan fingerprint density at radius 1 is 1.12 bits per heavy atom. The Morgan fingerprint density at radius 3 is 2.54 bits per heavy atom. The van der Waals surface area contributed by atoms with Crippen LogP contribution in [0.2, 0.25) is 0 Å². The fourth-order valence-electron chi connectivity index (χ4n) is 2.58. The molecular weight excluding hydrogens is 320 g/mol. The van der Waals surface area contributed by atoms with Gasteiger partial charge in [-0.25, -0.2) is 4.79 Å². The van der Waals surface area contributed by atoms with E-state index in [9.17, 15) is 4.79 Å². The third kappa shape index (κ3) is 4.54. The van der Waals surface area contributed by atoms with Crippen LogP contribution in [-0.4, -0.2) is 12.4 Å². The SMILES string of the molecule is CCc1ccc(OCc2c(CC)cccc2SC(=O)OC)c(C)c1. The lowest BCUT2D eigenvalue weighted by atomic mass is 10.1. The van der Waals surface area contributed by atoms with Gasteiger partial charge in [0.25, 0.3) is 0 Å². The van der Waals surface area contributed by atoms with Gasteiger partial charge in [0.15, 0.2) is 0 Å². The summed E-state index contributed by atoms with van der Waals surface area (Å²) < 4.78 is 10.8. The summed E-state index contributed by atoms with van der Waals surface area (Å²) >= 11 is 1.10. The molecule has 0 aliphatic carbocycles. The molecule has 128 valence electrons. The maximum absolute atomic E-state index is 11.6. The Kier molecular flexibility index (Phi) is 6.73. The quantitative estimate of drug-likeness (QED) is 0.508. The monoisotopic (exact) mass is 344 g/mol. The first-order chi connectivity index (χ1) is 11.6. The largest absolute Gasteiger partial charge is 0.489 e. The average molecular weight is 344 g/mol. The second-order valence-electron chi connectivity index (χ2n) is 5.55. The maximum atomic E-state index is 11.6. The van der Waals surface area contributed by atoms with Crippen LogP contribution in [0.1, 0.15) is 36.1 Å². The van der Waals surface area contributed by atoms with Gasteiger partial charge in [0, 0.05) is 10.5 Å². The topological polar surface area (TPSA) is 35.5 Å². The van der Waals surface area contributed by atoms with Gasteiger partial charge in [0.05, 0.1) is 7.11 Å². The molecule has 2 aromatic carbocycles. The van der Waals surface area contributed by atoms with Crippen molar-refractivity contribution in [2.24, 2.45) is 0 Å². The summed E-state index contributed by atoms with van der Waals surface area (Å²) in [5.41, 5.74) is 4.67. The number of ether oxygens (including phenoxy) is 2. The van der Waals surface area contributed by atoms with Crippen LogP contribution in [0.3, 0.4) is 0 Å². The number of hydrogen-bond acceptors (Lipinski definition) is 4. The molecule has 0 aliphatic heterocycles. The molecule has 3 nitrogen and oxygen atoms in total. The number of thioether (sulfide) groups is 1. The van der Waals surface area contributed by atoms with Crippen molar-refractivity contribution in [2.75, 3.05) is 7.11 Å². The van der Waals surface area contributed by atoms with E-state index in [1.807, 2.05) is 18.2 Å². The second kappa shape index (κ2) is 8.78. The molecule has 2 aromatic rings. The number of rotatable bonds is 6. The lowest BCUT2D eigenvalue weighted by molar-refractivity contribution is 0.200. The summed E-state index contributed by atoms with van der Waals surface area (Å²) in [6.07, 6.45) is 1.90. The Morgan fingerprint density at radius 2 is 1.92 bits per heavy atom. The summed E-state index contributed by atoms with van der Waals surface area (Å²) in [4.78, 5) is 12.5. The number of carbonyl (C=O) groups excluding carboxylic acids is 1. The molecule has 0 aromatic heterocycles. The molecule has 0 spiro atoms. The van der Waals surface area contributed by atoms with Crippen LogP contribution in [0.5, 0.6) is 5.75 Å². The minimum absolute atomic E-state index is 0.312. The molecule has 0 fully saturated rings. The lowest BCUT2D eigenvalue weighted by Gasteiger charge is -2.15. The van der Waals surface area contributed by atoms with Crippen molar-refractivity contribution >= 4 is 17.1 Å². The van der Waals surface area contributed by atoms with Crippen LogP contribution in [0.25, 0.3) is 0 Å². The van der Waals surface area contributed by atoms with Gasteiger partial charge in [-0.15, -0.1) is 0 Å². The van der Waals surface area contributed by atoms with Crippen molar-refractivity contribution in [2.45, 2.75) is 45.1 Å². The third-order valence-electron chi connectivity index (χ3n) is 3.99. The molecule has 0 heterocycles. The standard InChI is InChI=1S/C20H24O3S/c1-5-15-10-11-18(14(3)12-15)23-13-17-16(6-2)8-7-9-19(17)24-20(21)22-4/h7-12H,5-6,13H2,1-4H3. The zero-order valence-corrected chi connectivity index (χ0v) is 15.5. The Balaban J connectivity index is 2.23. The maximum Gasteiger partial charge on any atom is 0.371 e. The molecule has 0 amide bonds. The van der Waals surface area contributed by atoms with E-state index in [1.165, 1.54) is 18.2 Å². The summed E-state index contributed by atoms with van der Waals surface area (Å²) in [5.74, 6) is 0.882. The van der Waals surface area contributed by atoms with Gasteiger partial charge in [0.2, 0.25) is 0 Å². The van der Waals surface area contributed by atoms with Gasteiger partial charge in [-0.1, -0.05) is 38.1 Å². The summed E-state index contributed by atoms with van der Waals surface area (Å²) in [6, 6.07) is 12.3. The average Bonchev–Trinajstić information content (AvgIpc) is 2.60. The molecule has 4 heteroatoms. The van der Waals surface area contributed by atoms with Crippen molar-refractivity contribution < 1.29 is 14.3 Å². The molecular formula is C20H24O3S. The Labute approximate surface area is 148 Å². The van der Waals surface area contributed by atoms with Crippen LogP contribution in [0.15, 0.2) is 41.3 Å². The Hall–Kier alpha value is -1.94. The number of aryl methyl sites for hydroxylation is 3. The van der Waals surface area contributed by atoms with Gasteiger partial charge in [0.1, 0.15) is 12.4 Å². The highest BCUT2D eigenvalue weighted by Gasteiger charge is 2.13. The van der Waals surface area contributed by atoms with Gasteiger partial charge >= 0.3 is 5.30 Å². The highest BCUT2D eigenvalue weighted by Crippen LogP contribution is 2.29. The van der Waals surface area contributed by atoms with Crippen molar-refractivity contribution in [3.05, 3.63) is 58.7 Å². The first kappa shape index (κ1) is 18.4. The zero-order chi connectivity index (χ0) is 17.5. The predicted molar refractivity (Wildman–Crippen MR) is 99.0 cm³/mol. The molecule has 24 heavy (non-hydrogen) atoms. The number of benzene rings is 2. The molecule has 0 radical (unpaired) electrons. The van der Waals surface area contributed by atoms with E-state index >= 15 is 0 Å². The van der Waals surface area contributed by atoms with E-state index < -0.39 is 0 Å². The van der Waals surface area contributed by atoms with Crippen molar-refractivity contribution in [3.8, 4) is 5.75 Å². The van der Waals surface area contributed by atoms with Crippen molar-refractivity contribution in [3.63, 3.8) is 0 Å². The molecule has 0 aliphatic rings. The van der Waals surface area contributed by atoms with E-state index in [-0.39, 0.29) is 5.30 Å². The fraction of sp³-hybridized carbons (Fsp3) is 0.350. The van der Waals surface area contributed by atoms with E-state index in [0.717, 1.165) is 46.4 Å². The molecule has 0 N–H and O–H groups in total. The summed E-state index contributed by atoms with van der Waals surface area (Å²) in [6.45, 7) is 6.75.